The molecule has 0 aromatic rings. The lowest BCUT2D eigenvalue weighted by Crippen LogP contribution is -1.75. The quantitative estimate of drug-likeness (QED) is 0.500. The minimum Gasteiger partial charge on any atom is -0.262 e. The molecule has 0 aliphatic rings. The van der Waals surface area contributed by atoms with Crippen LogP contribution in [-0.2, 0) is 0 Å². The molecule has 50 valence electrons. The fraction of sp³-hybridized carbons (Fsp3) is 0.375. The van der Waals surface area contributed by atoms with Crippen LogP contribution >= 0.6 is 0 Å². The fourth-order valence-electron chi connectivity index (χ4n) is 0.287. The maximum Gasteiger partial charge on any atom is 0.0301 e. The van der Waals surface area contributed by atoms with Gasteiger partial charge >= 0.3 is 0 Å². The predicted molar refractivity (Wildman–Crippen MR) is 42.7 cm³/mol. The normalized spacial score (nSPS) is 12.6. The van der Waals surface area contributed by atoms with Gasteiger partial charge in [-0.1, -0.05) is 12.7 Å². The van der Waals surface area contributed by atoms with Crippen LogP contribution < -0.4 is 0 Å². The molecule has 0 atom stereocenters. The summed E-state index contributed by atoms with van der Waals surface area (Å²) in [5.41, 5.74) is 2.01. The lowest BCUT2D eigenvalue weighted by atomic mass is 10.3. The Morgan fingerprint density at radius 2 is 2.00 bits per heavy atom. The van der Waals surface area contributed by atoms with Gasteiger partial charge in [0.2, 0.25) is 0 Å². The highest BCUT2D eigenvalue weighted by molar-refractivity contribution is 5.78. The molecule has 9 heavy (non-hydrogen) atoms. The Balaban J connectivity index is 3.86. The summed E-state index contributed by atoms with van der Waals surface area (Å²) in [6.07, 6.45) is 3.81. The van der Waals surface area contributed by atoms with E-state index < -0.39 is 0 Å². The molecule has 0 aromatic carbocycles. The molecule has 0 aliphatic carbocycles. The summed E-state index contributed by atoms with van der Waals surface area (Å²) in [7, 11) is 0. The lowest BCUT2D eigenvalue weighted by Gasteiger charge is -1.86. The molecule has 0 N–H and O–H groups in total. The molecule has 0 spiro atoms. The maximum atomic E-state index is 4.01. The van der Waals surface area contributed by atoms with Crippen molar-refractivity contribution in [2.75, 3.05) is 0 Å². The zero-order valence-electron chi connectivity index (χ0n) is 6.31. The number of aliphatic imine (C=N–C) groups is 1. The van der Waals surface area contributed by atoms with Crippen molar-refractivity contribution in [1.82, 2.24) is 0 Å². The summed E-state index contributed by atoms with van der Waals surface area (Å²) in [6, 6.07) is 0. The Bertz CT molecular complexity index is 152. The second-order valence-electron chi connectivity index (χ2n) is 2.03. The predicted octanol–water partition coefficient (Wildman–Crippen LogP) is 2.56. The molecule has 0 saturated carbocycles. The molecule has 0 fully saturated rings. The molecule has 0 aromatic heterocycles. The molecule has 0 saturated heterocycles. The van der Waals surface area contributed by atoms with E-state index in [4.69, 9.17) is 0 Å². The third kappa shape index (κ3) is 5.01. The molecule has 0 aliphatic heterocycles. The van der Waals surface area contributed by atoms with E-state index in [0.717, 1.165) is 11.3 Å². The van der Waals surface area contributed by atoms with Gasteiger partial charge < -0.3 is 0 Å². The Kier molecular flexibility index (Phi) is 3.69. The fourth-order valence-corrected chi connectivity index (χ4v) is 0.287. The maximum absolute atomic E-state index is 4.01. The van der Waals surface area contributed by atoms with Crippen molar-refractivity contribution >= 4 is 6.21 Å². The van der Waals surface area contributed by atoms with Gasteiger partial charge in [-0.05, 0) is 26.3 Å². The Labute approximate surface area is 56.8 Å². The molecule has 0 radical (unpaired) electrons. The second kappa shape index (κ2) is 4.07. The first-order valence-electron chi connectivity index (χ1n) is 2.99. The first kappa shape index (κ1) is 8.15. The molecule has 0 heterocycles. The van der Waals surface area contributed by atoms with Gasteiger partial charge in [0.05, 0.1) is 0 Å². The van der Waals surface area contributed by atoms with Gasteiger partial charge in [0.15, 0.2) is 0 Å². The first-order valence-corrected chi connectivity index (χ1v) is 2.99. The topological polar surface area (TPSA) is 12.4 Å². The van der Waals surface area contributed by atoms with Gasteiger partial charge in [0.25, 0.3) is 0 Å². The Morgan fingerprint density at radius 1 is 1.44 bits per heavy atom. The summed E-state index contributed by atoms with van der Waals surface area (Å²) < 4.78 is 0. The number of hydrogen-bond acceptors (Lipinski definition) is 1. The van der Waals surface area contributed by atoms with Crippen LogP contribution in [0.15, 0.2) is 28.9 Å². The molecule has 0 bridgehead atoms. The highest BCUT2D eigenvalue weighted by Crippen LogP contribution is 1.91. The van der Waals surface area contributed by atoms with Crippen molar-refractivity contribution in [1.29, 1.82) is 0 Å². The van der Waals surface area contributed by atoms with Gasteiger partial charge in [0.1, 0.15) is 0 Å². The van der Waals surface area contributed by atoms with Crippen molar-refractivity contribution < 1.29 is 0 Å². The van der Waals surface area contributed by atoms with Gasteiger partial charge in [-0.3, -0.25) is 4.99 Å². The van der Waals surface area contributed by atoms with E-state index in [-0.39, 0.29) is 0 Å². The van der Waals surface area contributed by atoms with Crippen molar-refractivity contribution in [2.45, 2.75) is 20.8 Å². The summed E-state index contributed by atoms with van der Waals surface area (Å²) in [5.74, 6) is 0. The number of allylic oxidation sites excluding steroid dienone is 3. The molecule has 0 unspecified atom stereocenters. The first-order chi connectivity index (χ1) is 4.16. The zero-order chi connectivity index (χ0) is 7.28. The molecular formula is C8H13N. The second-order valence-corrected chi connectivity index (χ2v) is 2.03. The lowest BCUT2D eigenvalue weighted by molar-refractivity contribution is 1.33. The summed E-state index contributed by atoms with van der Waals surface area (Å²) in [6.45, 7) is 9.50. The molecular weight excluding hydrogens is 110 g/mol. The number of hydrogen-bond donors (Lipinski definition) is 0. The van der Waals surface area contributed by atoms with Crippen LogP contribution in [0.1, 0.15) is 20.8 Å². The Hall–Kier alpha value is -0.850. The highest BCUT2D eigenvalue weighted by Gasteiger charge is 1.76. The molecule has 0 amide bonds. The van der Waals surface area contributed by atoms with E-state index in [1.807, 2.05) is 33.1 Å². The van der Waals surface area contributed by atoms with E-state index in [9.17, 15) is 0 Å². The minimum absolute atomic E-state index is 0.844. The van der Waals surface area contributed by atoms with Crippen molar-refractivity contribution in [3.8, 4) is 0 Å². The van der Waals surface area contributed by atoms with Crippen LogP contribution in [0.25, 0.3) is 0 Å². The minimum atomic E-state index is 0.844. The van der Waals surface area contributed by atoms with Crippen LogP contribution in [-0.4, -0.2) is 6.21 Å². The van der Waals surface area contributed by atoms with Crippen LogP contribution in [0.2, 0.25) is 0 Å². The monoisotopic (exact) mass is 123 g/mol. The average Bonchev–Trinajstić information content (AvgIpc) is 1.83. The largest absolute Gasteiger partial charge is 0.262 e. The van der Waals surface area contributed by atoms with Gasteiger partial charge in [-0.15, -0.1) is 0 Å². The molecule has 0 rings (SSSR count). The number of nitrogens with zero attached hydrogens (tertiary/aromatic N) is 1. The van der Waals surface area contributed by atoms with E-state index in [1.165, 1.54) is 0 Å². The van der Waals surface area contributed by atoms with Crippen LogP contribution in [0.5, 0.6) is 0 Å². The van der Waals surface area contributed by atoms with E-state index >= 15 is 0 Å². The van der Waals surface area contributed by atoms with Gasteiger partial charge in [-0.25, -0.2) is 0 Å². The molecule has 1 nitrogen and oxygen atoms in total. The summed E-state index contributed by atoms with van der Waals surface area (Å²) >= 11 is 0. The van der Waals surface area contributed by atoms with Crippen molar-refractivity contribution in [3.63, 3.8) is 0 Å². The van der Waals surface area contributed by atoms with E-state index in [0.29, 0.717) is 0 Å². The van der Waals surface area contributed by atoms with Crippen LogP contribution in [0.4, 0.5) is 0 Å². The van der Waals surface area contributed by atoms with Crippen molar-refractivity contribution in [3.05, 3.63) is 23.9 Å². The summed E-state index contributed by atoms with van der Waals surface area (Å²) in [5, 5.41) is 0. The molecule has 1 heteroatoms. The average molecular weight is 123 g/mol. The zero-order valence-corrected chi connectivity index (χ0v) is 6.31. The van der Waals surface area contributed by atoms with Gasteiger partial charge in [0, 0.05) is 11.9 Å². The van der Waals surface area contributed by atoms with Gasteiger partial charge in [-0.2, -0.15) is 0 Å². The van der Waals surface area contributed by atoms with Crippen LogP contribution in [0.3, 0.4) is 0 Å². The smallest absolute Gasteiger partial charge is 0.0301 e. The van der Waals surface area contributed by atoms with Crippen molar-refractivity contribution in [2.24, 2.45) is 4.99 Å². The third-order valence-corrected chi connectivity index (χ3v) is 0.944. The SMILES string of the molecule is C=C(C)/N=C\C(C)=C/C. The van der Waals surface area contributed by atoms with E-state index in [1.54, 1.807) is 0 Å². The highest BCUT2D eigenvalue weighted by atomic mass is 14.7. The Morgan fingerprint density at radius 3 is 2.33 bits per heavy atom. The van der Waals surface area contributed by atoms with Crippen LogP contribution in [0, 0.1) is 0 Å². The van der Waals surface area contributed by atoms with E-state index in [2.05, 4.69) is 11.6 Å². The summed E-state index contributed by atoms with van der Waals surface area (Å²) in [4.78, 5) is 4.01. The standard InChI is InChI=1S/C8H13N/c1-5-8(4)6-9-7(2)3/h5-6H,2H2,1,3-4H3/b8-5-,9-6-. The number of rotatable bonds is 2. The third-order valence-electron chi connectivity index (χ3n) is 0.944.